The Morgan fingerprint density at radius 2 is 0.515 bits per heavy atom. The van der Waals surface area contributed by atoms with Gasteiger partial charge in [0.1, 0.15) is 0 Å². The van der Waals surface area contributed by atoms with Crippen molar-refractivity contribution in [2.24, 2.45) is 0 Å². The number of rotatable bonds is 11. The molecule has 7 heterocycles. The maximum atomic E-state index is 10.5. The first-order valence-corrected chi connectivity index (χ1v) is 45.0. The second-order valence-electron chi connectivity index (χ2n) is 41.2. The molecule has 15 aromatic carbocycles. The number of anilines is 6. The Labute approximate surface area is 799 Å². The van der Waals surface area contributed by atoms with Gasteiger partial charge in [-0.15, -0.1) is 0 Å². The van der Waals surface area contributed by atoms with E-state index in [0.29, 0.717) is 79.0 Å². The number of aromatic nitrogens is 9. The Bertz CT molecular complexity index is 8640. The molecule has 22 rings (SSSR count). The van der Waals surface area contributed by atoms with Crippen molar-refractivity contribution in [1.29, 1.82) is 0 Å². The van der Waals surface area contributed by atoms with Crippen LogP contribution in [-0.2, 0) is 32.5 Å². The molecule has 0 bridgehead atoms. The molecule has 0 spiro atoms. The zero-order valence-corrected chi connectivity index (χ0v) is 77.3. The molecule has 0 unspecified atom stereocenters. The van der Waals surface area contributed by atoms with Crippen LogP contribution in [0.5, 0.6) is 0 Å². The smallest absolute Gasteiger partial charge is 0.252 e. The Morgan fingerprint density at radius 1 is 0.227 bits per heavy atom. The van der Waals surface area contributed by atoms with Crippen molar-refractivity contribution in [2.75, 3.05) is 9.80 Å². The van der Waals surface area contributed by atoms with Crippen molar-refractivity contribution in [3.05, 3.63) is 361 Å². The van der Waals surface area contributed by atoms with Gasteiger partial charge >= 0.3 is 0 Å². The highest BCUT2D eigenvalue weighted by molar-refractivity contribution is 7.00. The van der Waals surface area contributed by atoms with Crippen molar-refractivity contribution in [1.82, 2.24) is 43.6 Å². The molecule has 5 aromatic heterocycles. The monoisotopic (exact) mass is 1730 g/mol. The third-order valence-corrected chi connectivity index (χ3v) is 26.3. The van der Waals surface area contributed by atoms with Gasteiger partial charge < -0.3 is 23.5 Å². The Morgan fingerprint density at radius 3 is 0.856 bits per heavy atom. The minimum absolute atomic E-state index is 0.121. The summed E-state index contributed by atoms with van der Waals surface area (Å²) in [5.41, 5.74) is 14.3. The molecular weight excluding hydrogens is 1610 g/mol. The summed E-state index contributed by atoms with van der Waals surface area (Å²) >= 11 is 0. The van der Waals surface area contributed by atoms with E-state index in [4.69, 9.17) is 32.6 Å². The first-order valence-electron chi connectivity index (χ1n) is 54.0. The Kier molecular flexibility index (Phi) is 15.0. The van der Waals surface area contributed by atoms with Crippen LogP contribution in [0.15, 0.2) is 327 Å². The number of nitrogens with zero attached hydrogens (tertiary/aromatic N) is 11. The lowest BCUT2D eigenvalue weighted by Gasteiger charge is -2.45. The van der Waals surface area contributed by atoms with Crippen LogP contribution in [0, 0.1) is 0 Å². The lowest BCUT2D eigenvalue weighted by Crippen LogP contribution is -2.61. The van der Waals surface area contributed by atoms with E-state index in [1.165, 1.54) is 4.57 Å². The third-order valence-electron chi connectivity index (χ3n) is 26.3. The van der Waals surface area contributed by atoms with E-state index in [1.807, 2.05) is 112 Å². The fourth-order valence-corrected chi connectivity index (χ4v) is 19.2. The van der Waals surface area contributed by atoms with Crippen LogP contribution in [0.4, 0.5) is 34.1 Å². The average Bonchev–Trinajstić information content (AvgIpc) is 1.61. The Hall–Kier alpha value is -14.6. The number of fused-ring (bicyclic) bond motifs is 13. The van der Waals surface area contributed by atoms with Crippen LogP contribution < -0.4 is 26.2 Å². The summed E-state index contributed by atoms with van der Waals surface area (Å²) in [4.78, 5) is 36.4. The molecule has 0 saturated carbocycles. The fraction of sp³-hybridized carbons (Fsp3) is 0.200. The molecule has 0 amide bonds. The highest BCUT2D eigenvalue weighted by atomic mass is 15.2. The van der Waals surface area contributed by atoms with Gasteiger partial charge in [0.05, 0.1) is 74.8 Å². The second kappa shape index (κ2) is 30.5. The molecule has 646 valence electrons. The lowest BCUT2D eigenvalue weighted by molar-refractivity contribution is 0.590. The molecule has 20 aromatic rings. The van der Waals surface area contributed by atoms with Crippen molar-refractivity contribution in [3.63, 3.8) is 0 Å². The zero-order chi connectivity index (χ0) is 107. The zero-order valence-electron chi connectivity index (χ0n) is 95.3. The van der Waals surface area contributed by atoms with Gasteiger partial charge in [0, 0.05) is 99.8 Å². The van der Waals surface area contributed by atoms with Gasteiger partial charge in [-0.2, -0.15) is 0 Å². The van der Waals surface area contributed by atoms with Crippen LogP contribution in [0.3, 0.4) is 0 Å². The largest absolute Gasteiger partial charge is 0.311 e. The van der Waals surface area contributed by atoms with E-state index < -0.39 is 149 Å². The maximum absolute atomic E-state index is 10.5. The van der Waals surface area contributed by atoms with Gasteiger partial charge in [0.15, 0.2) is 34.9 Å². The van der Waals surface area contributed by atoms with Gasteiger partial charge in [0.25, 0.3) is 6.71 Å². The third kappa shape index (κ3) is 14.1. The summed E-state index contributed by atoms with van der Waals surface area (Å²) in [6, 6.07) is 63.1. The summed E-state index contributed by atoms with van der Waals surface area (Å²) in [5.74, 6) is -0.286. The number of para-hydroxylation sites is 2. The standard InChI is InChI=1S/C120H108BN11/c1-115(2,3)77-47-57-98-88(63-77)89-64-78(116(4,5)6)48-58-99(89)128(98)83-53-55-94-104(69-83)131(102-61-51-81(119(13,14)15)67-92(102)113-124-109(73-35-23-19-24-36-73)122-110(125-113)74-37-25-20-26-38-74)106-71-85(130-96-45-33-31-43-86(96)87-44-32-34-46-97(87)130)72-107-108(106)121(94)95-56-54-84(129-100-59-49-79(117(7,8)9)65-90(100)91-66-80(118(10,11)12)50-60-101(91)129)70-105(95)132(107)103-62-52-82(120(16,17)18)68-93(103)114-126-111(75-39-27-21-28-40-75)123-112(127-114)76-41-29-22-30-42-76/h19-72H,1-18H3/i19D,20D,23D,24D,25D,26D,31D,32D,33D,34D,35D,36D,37D,38D,43D,44D,45D,46D. The van der Waals surface area contributed by atoms with Gasteiger partial charge in [-0.3, -0.25) is 0 Å². The minimum atomic E-state index is -0.884. The Balaban J connectivity index is 0.969. The van der Waals surface area contributed by atoms with Crippen LogP contribution in [-0.4, -0.2) is 50.3 Å². The first kappa shape index (κ1) is 65.0. The lowest BCUT2D eigenvalue weighted by atomic mass is 9.33. The molecule has 0 saturated heterocycles. The van der Waals surface area contributed by atoms with E-state index >= 15 is 0 Å². The molecule has 0 radical (unpaired) electrons. The van der Waals surface area contributed by atoms with E-state index in [0.717, 1.165) is 82.6 Å². The number of hydrogen-bond acceptors (Lipinski definition) is 8. The van der Waals surface area contributed by atoms with E-state index in [9.17, 15) is 21.9 Å². The predicted octanol–water partition coefficient (Wildman–Crippen LogP) is 29.2. The highest BCUT2D eigenvalue weighted by Crippen LogP contribution is 2.53. The molecule has 12 heteroatoms. The second-order valence-corrected chi connectivity index (χ2v) is 41.2. The number of hydrogen-bond donors (Lipinski definition) is 0. The quantitative estimate of drug-likeness (QED) is 0.118. The summed E-state index contributed by atoms with van der Waals surface area (Å²) in [5, 5.41) is 3.67. The van der Waals surface area contributed by atoms with Gasteiger partial charge in [-0.1, -0.05) is 331 Å². The normalized spacial score (nSPS) is 15.1. The summed E-state index contributed by atoms with van der Waals surface area (Å²) in [7, 11) is 0. The molecule has 0 atom stereocenters. The molecular formula is C120H108BN11. The molecule has 0 aliphatic carbocycles. The average molecular weight is 1730 g/mol. The highest BCUT2D eigenvalue weighted by Gasteiger charge is 2.46. The van der Waals surface area contributed by atoms with Crippen LogP contribution in [0.2, 0.25) is 0 Å². The predicted molar refractivity (Wildman–Crippen MR) is 555 cm³/mol. The maximum Gasteiger partial charge on any atom is 0.252 e. The topological polar surface area (TPSA) is 98.6 Å². The first-order chi connectivity index (χ1) is 70.7. The van der Waals surface area contributed by atoms with E-state index in [1.54, 1.807) is 0 Å². The van der Waals surface area contributed by atoms with Crippen LogP contribution >= 0.6 is 0 Å². The molecule has 0 fully saturated rings. The molecule has 0 N–H and O–H groups in total. The number of benzene rings is 15. The summed E-state index contributed by atoms with van der Waals surface area (Å²) in [6.07, 6.45) is 0. The fourth-order valence-electron chi connectivity index (χ4n) is 19.2. The summed E-state index contributed by atoms with van der Waals surface area (Å²) < 4.78 is 180. The van der Waals surface area contributed by atoms with Crippen molar-refractivity contribution >= 4 is 123 Å². The molecule has 11 nitrogen and oxygen atoms in total. The van der Waals surface area contributed by atoms with E-state index in [2.05, 4.69) is 250 Å². The van der Waals surface area contributed by atoms with Gasteiger partial charge in [0.2, 0.25) is 0 Å². The summed E-state index contributed by atoms with van der Waals surface area (Å²) in [6.45, 7) is 38.1. The molecule has 2 aliphatic rings. The van der Waals surface area contributed by atoms with Crippen molar-refractivity contribution < 1.29 is 24.7 Å². The van der Waals surface area contributed by atoms with Crippen molar-refractivity contribution in [2.45, 2.75) is 157 Å². The van der Waals surface area contributed by atoms with E-state index in [-0.39, 0.29) is 72.1 Å². The molecule has 132 heavy (non-hydrogen) atoms. The van der Waals surface area contributed by atoms with Gasteiger partial charge in [-0.25, -0.2) is 29.9 Å². The molecule has 2 aliphatic heterocycles. The minimum Gasteiger partial charge on any atom is -0.311 e. The van der Waals surface area contributed by atoms with Crippen LogP contribution in [0.1, 0.15) is 183 Å². The van der Waals surface area contributed by atoms with Gasteiger partial charge in [-0.05, 0) is 204 Å². The van der Waals surface area contributed by atoms with Crippen molar-refractivity contribution in [3.8, 4) is 85.4 Å². The van der Waals surface area contributed by atoms with Crippen LogP contribution in [0.25, 0.3) is 151 Å². The SMILES string of the molecule is [2H]c1c([2H])c([2H])c(-c2nc(-c3cc(C(C)(C)C)ccc3N3c4cc(-n5c6ccc(C(C)(C)C)cc6c6cc(C(C)(C)C)ccc65)ccc4B4c5ccc(-n6c7ccc(C(C)(C)C)cc7c7cc(C(C)(C)C)ccc76)cc5N(c5ccc(C(C)(C)C)cc5-c5nc(-c6ccccc6)nc(-c6ccccc6)n5)c5cc(-n6c7c([2H])c([2H])c([2H])c([2H])c7c7c([2H])c([2H])c([2H])c([2H])c76)cc3c54)nc(-c3c([2H])c([2H])c([2H])c([2H])c3[2H])n2)c([2H])c1[2H].